The van der Waals surface area contributed by atoms with Gasteiger partial charge in [0.1, 0.15) is 11.3 Å². The van der Waals surface area contributed by atoms with Gasteiger partial charge in [-0.05, 0) is 50.8 Å². The second-order valence-corrected chi connectivity index (χ2v) is 8.69. The topological polar surface area (TPSA) is 45.7 Å². The maximum Gasteiger partial charge on any atom is 0.233 e. The first-order chi connectivity index (χ1) is 13.9. The highest BCUT2D eigenvalue weighted by Crippen LogP contribution is 2.39. The number of aromatic nitrogens is 1. The highest BCUT2D eigenvalue weighted by Gasteiger charge is 2.22. The number of thiazole rings is 1. The van der Waals surface area contributed by atoms with Crippen molar-refractivity contribution in [2.24, 2.45) is 0 Å². The molecule has 2 aromatic carbocycles. The van der Waals surface area contributed by atoms with Crippen LogP contribution in [0.3, 0.4) is 0 Å². The summed E-state index contributed by atoms with van der Waals surface area (Å²) >= 11 is 14.0. The van der Waals surface area contributed by atoms with Gasteiger partial charge in [0.25, 0.3) is 0 Å². The Kier molecular flexibility index (Phi) is 9.19. The fourth-order valence-electron chi connectivity index (χ4n) is 2.99. The molecule has 1 heterocycles. The third kappa shape index (κ3) is 5.77. The molecule has 0 N–H and O–H groups in total. The van der Waals surface area contributed by atoms with E-state index in [-0.39, 0.29) is 24.7 Å². The molecule has 0 saturated heterocycles. The predicted octanol–water partition coefficient (Wildman–Crippen LogP) is 5.56. The molecule has 0 radical (unpaired) electrons. The molecule has 30 heavy (non-hydrogen) atoms. The summed E-state index contributed by atoms with van der Waals surface area (Å²) in [6.45, 7) is 1.42. The zero-order chi connectivity index (χ0) is 21.0. The number of ether oxygens (including phenoxy) is 1. The van der Waals surface area contributed by atoms with Gasteiger partial charge in [-0.25, -0.2) is 4.98 Å². The third-order valence-electron chi connectivity index (χ3n) is 4.49. The van der Waals surface area contributed by atoms with Crippen molar-refractivity contribution >= 4 is 68.2 Å². The van der Waals surface area contributed by atoms with Crippen molar-refractivity contribution in [3.05, 3.63) is 52.0 Å². The summed E-state index contributed by atoms with van der Waals surface area (Å²) in [4.78, 5) is 21.7. The van der Waals surface area contributed by atoms with Gasteiger partial charge in [-0.2, -0.15) is 0 Å². The number of rotatable bonds is 8. The molecule has 1 aromatic heterocycles. The fourth-order valence-corrected chi connectivity index (χ4v) is 4.50. The molecule has 0 saturated carbocycles. The number of hydrogen-bond acceptors (Lipinski definition) is 5. The van der Waals surface area contributed by atoms with Gasteiger partial charge < -0.3 is 9.64 Å². The number of anilines is 1. The maximum atomic E-state index is 13.2. The van der Waals surface area contributed by atoms with Crippen LogP contribution in [0.5, 0.6) is 5.75 Å². The van der Waals surface area contributed by atoms with Gasteiger partial charge in [0, 0.05) is 11.6 Å². The molecule has 3 aromatic rings. The van der Waals surface area contributed by atoms with E-state index < -0.39 is 0 Å². The van der Waals surface area contributed by atoms with Crippen LogP contribution in [-0.2, 0) is 11.2 Å². The lowest BCUT2D eigenvalue weighted by molar-refractivity contribution is -0.118. The van der Waals surface area contributed by atoms with Crippen LogP contribution in [0.2, 0.25) is 10.0 Å². The Hall–Kier alpha value is -1.57. The Balaban J connectivity index is 0.00000320. The van der Waals surface area contributed by atoms with Crippen molar-refractivity contribution in [3.63, 3.8) is 0 Å². The highest BCUT2D eigenvalue weighted by molar-refractivity contribution is 7.23. The van der Waals surface area contributed by atoms with Gasteiger partial charge in [0.15, 0.2) is 5.13 Å². The average molecular weight is 489 g/mol. The van der Waals surface area contributed by atoms with Gasteiger partial charge in [-0.1, -0.05) is 52.7 Å². The normalized spacial score (nSPS) is 10.9. The minimum Gasteiger partial charge on any atom is -0.494 e. The lowest BCUT2D eigenvalue weighted by Gasteiger charge is -2.21. The first-order valence-electron chi connectivity index (χ1n) is 9.22. The maximum absolute atomic E-state index is 13.2. The Morgan fingerprint density at radius 3 is 2.50 bits per heavy atom. The molecule has 0 aliphatic rings. The zero-order valence-electron chi connectivity index (χ0n) is 17.0. The number of fused-ring (bicyclic) bond motifs is 1. The van der Waals surface area contributed by atoms with E-state index in [0.29, 0.717) is 33.0 Å². The van der Waals surface area contributed by atoms with Crippen LogP contribution < -0.4 is 9.64 Å². The van der Waals surface area contributed by atoms with Crippen LogP contribution in [-0.4, -0.2) is 50.1 Å². The summed E-state index contributed by atoms with van der Waals surface area (Å²) in [5, 5.41) is 1.79. The van der Waals surface area contributed by atoms with Crippen LogP contribution in [0, 0.1) is 0 Å². The number of amides is 1. The van der Waals surface area contributed by atoms with E-state index in [9.17, 15) is 4.79 Å². The van der Waals surface area contributed by atoms with E-state index in [1.807, 2.05) is 32.3 Å². The molecular formula is C21H24Cl3N3O2S. The van der Waals surface area contributed by atoms with Crippen LogP contribution in [0.4, 0.5) is 5.13 Å². The standard InChI is InChI=1S/C21H23Cl2N3O2S.ClH/c1-25(2)11-6-12-26(18(27)13-14-7-4-5-8-15(14)22)21-24-19-17(28-3)10-9-16(23)20(19)29-21;/h4-5,7-10H,6,11-13H2,1-3H3;1H. The summed E-state index contributed by atoms with van der Waals surface area (Å²) in [6, 6.07) is 11.0. The molecule has 5 nitrogen and oxygen atoms in total. The van der Waals surface area contributed by atoms with Gasteiger partial charge >= 0.3 is 0 Å². The molecule has 0 fully saturated rings. The fraction of sp³-hybridized carbons (Fsp3) is 0.333. The minimum absolute atomic E-state index is 0. The molecule has 0 aliphatic carbocycles. The summed E-state index contributed by atoms with van der Waals surface area (Å²) < 4.78 is 6.23. The Morgan fingerprint density at radius 1 is 1.10 bits per heavy atom. The summed E-state index contributed by atoms with van der Waals surface area (Å²) in [5.74, 6) is 0.588. The molecule has 3 rings (SSSR count). The lowest BCUT2D eigenvalue weighted by Crippen LogP contribution is -2.34. The molecule has 162 valence electrons. The van der Waals surface area contributed by atoms with E-state index in [1.165, 1.54) is 11.3 Å². The number of methoxy groups -OCH3 is 1. The molecular weight excluding hydrogens is 465 g/mol. The second-order valence-electron chi connectivity index (χ2n) is 6.89. The molecule has 9 heteroatoms. The van der Waals surface area contributed by atoms with E-state index >= 15 is 0 Å². The predicted molar refractivity (Wildman–Crippen MR) is 129 cm³/mol. The van der Waals surface area contributed by atoms with Crippen LogP contribution in [0.25, 0.3) is 10.2 Å². The number of halogens is 3. The van der Waals surface area contributed by atoms with Gasteiger partial charge in [-0.3, -0.25) is 9.69 Å². The Morgan fingerprint density at radius 2 is 1.83 bits per heavy atom. The van der Waals surface area contributed by atoms with Crippen molar-refractivity contribution in [1.29, 1.82) is 0 Å². The van der Waals surface area contributed by atoms with E-state index in [4.69, 9.17) is 32.9 Å². The van der Waals surface area contributed by atoms with E-state index in [2.05, 4.69) is 4.90 Å². The molecule has 0 unspecified atom stereocenters. The van der Waals surface area contributed by atoms with Crippen molar-refractivity contribution in [1.82, 2.24) is 9.88 Å². The molecule has 0 atom stereocenters. The molecule has 0 bridgehead atoms. The second kappa shape index (κ2) is 11.2. The number of carbonyl (C=O) groups is 1. The number of benzene rings is 2. The highest BCUT2D eigenvalue weighted by atomic mass is 35.5. The summed E-state index contributed by atoms with van der Waals surface area (Å²) in [5.41, 5.74) is 1.47. The average Bonchev–Trinajstić information content (AvgIpc) is 3.13. The molecule has 0 aliphatic heterocycles. The largest absolute Gasteiger partial charge is 0.494 e. The molecule has 0 spiro atoms. The Labute approximate surface area is 197 Å². The first kappa shape index (κ1) is 24.7. The zero-order valence-corrected chi connectivity index (χ0v) is 20.2. The number of carbonyl (C=O) groups excluding carboxylic acids is 1. The SMILES string of the molecule is COc1ccc(Cl)c2sc(N(CCCN(C)C)C(=O)Cc3ccccc3Cl)nc12.Cl. The summed E-state index contributed by atoms with van der Waals surface area (Å²) in [7, 11) is 5.62. The van der Waals surface area contributed by atoms with Crippen molar-refractivity contribution < 1.29 is 9.53 Å². The monoisotopic (exact) mass is 487 g/mol. The number of hydrogen-bond donors (Lipinski definition) is 0. The minimum atomic E-state index is -0.0500. The van der Waals surface area contributed by atoms with Gasteiger partial charge in [0.2, 0.25) is 5.91 Å². The first-order valence-corrected chi connectivity index (χ1v) is 10.8. The third-order valence-corrected chi connectivity index (χ3v) is 6.39. The van der Waals surface area contributed by atoms with Gasteiger partial charge in [0.05, 0.1) is 23.3 Å². The van der Waals surface area contributed by atoms with Gasteiger partial charge in [-0.15, -0.1) is 12.4 Å². The van der Waals surface area contributed by atoms with Crippen molar-refractivity contribution in [2.45, 2.75) is 12.8 Å². The van der Waals surface area contributed by atoms with E-state index in [1.54, 1.807) is 30.2 Å². The summed E-state index contributed by atoms with van der Waals surface area (Å²) in [6.07, 6.45) is 1.03. The van der Waals surface area contributed by atoms with Crippen LogP contribution in [0.15, 0.2) is 36.4 Å². The molecule has 1 amide bonds. The lowest BCUT2D eigenvalue weighted by atomic mass is 10.1. The van der Waals surface area contributed by atoms with E-state index in [0.717, 1.165) is 23.2 Å². The van der Waals surface area contributed by atoms with Crippen LogP contribution >= 0.6 is 46.9 Å². The van der Waals surface area contributed by atoms with Crippen LogP contribution in [0.1, 0.15) is 12.0 Å². The smallest absolute Gasteiger partial charge is 0.233 e. The number of nitrogens with zero attached hydrogens (tertiary/aromatic N) is 3. The quantitative estimate of drug-likeness (QED) is 0.416. The Bertz CT molecular complexity index is 1010. The van der Waals surface area contributed by atoms with Crippen molar-refractivity contribution in [2.75, 3.05) is 39.2 Å². The van der Waals surface area contributed by atoms with Crippen molar-refractivity contribution in [3.8, 4) is 5.75 Å².